The van der Waals surface area contributed by atoms with Gasteiger partial charge in [0.05, 0.1) is 0 Å². The number of pyridine rings is 1. The summed E-state index contributed by atoms with van der Waals surface area (Å²) in [5.41, 5.74) is 2.11. The average molecular weight is 244 g/mol. The monoisotopic (exact) mass is 244 g/mol. The highest BCUT2D eigenvalue weighted by molar-refractivity contribution is 5.44. The Morgan fingerprint density at radius 2 is 2.22 bits per heavy atom. The van der Waals surface area contributed by atoms with Crippen molar-refractivity contribution in [2.45, 2.75) is 45.6 Å². The lowest BCUT2D eigenvalue weighted by atomic mass is 9.87. The van der Waals surface area contributed by atoms with E-state index >= 15 is 0 Å². The minimum Gasteiger partial charge on any atom is -0.350 e. The van der Waals surface area contributed by atoms with Crippen molar-refractivity contribution in [1.82, 2.24) is 14.6 Å². The van der Waals surface area contributed by atoms with E-state index in [1.165, 1.54) is 31.2 Å². The molecule has 2 heterocycles. The van der Waals surface area contributed by atoms with Crippen molar-refractivity contribution in [3.05, 3.63) is 23.9 Å². The average Bonchev–Trinajstić information content (AvgIpc) is 2.70. The van der Waals surface area contributed by atoms with Gasteiger partial charge >= 0.3 is 0 Å². The maximum absolute atomic E-state index is 4.51. The van der Waals surface area contributed by atoms with Crippen LogP contribution in [0.1, 0.15) is 38.2 Å². The molecule has 0 aromatic carbocycles. The molecule has 2 unspecified atom stereocenters. The van der Waals surface area contributed by atoms with Gasteiger partial charge in [0.2, 0.25) is 5.95 Å². The first-order chi connectivity index (χ1) is 8.70. The Kier molecular flexibility index (Phi) is 2.94. The molecule has 2 aromatic heterocycles. The second kappa shape index (κ2) is 4.59. The van der Waals surface area contributed by atoms with Crippen LogP contribution >= 0.6 is 0 Å². The van der Waals surface area contributed by atoms with Crippen LogP contribution in [0.5, 0.6) is 0 Å². The second-order valence-corrected chi connectivity index (χ2v) is 5.56. The van der Waals surface area contributed by atoms with Crippen molar-refractivity contribution in [3.8, 4) is 0 Å². The number of nitrogens with zero attached hydrogens (tertiary/aromatic N) is 3. The van der Waals surface area contributed by atoms with Crippen molar-refractivity contribution in [3.63, 3.8) is 0 Å². The predicted octanol–water partition coefficient (Wildman–Crippen LogP) is 3.03. The van der Waals surface area contributed by atoms with Crippen LogP contribution in [0.25, 0.3) is 5.65 Å². The Hall–Kier alpha value is -1.58. The zero-order valence-corrected chi connectivity index (χ0v) is 11.1. The van der Waals surface area contributed by atoms with Crippen LogP contribution in [0.3, 0.4) is 0 Å². The van der Waals surface area contributed by atoms with Crippen LogP contribution in [0.15, 0.2) is 18.3 Å². The molecular formula is C14H20N4. The van der Waals surface area contributed by atoms with Crippen LogP contribution in [-0.2, 0) is 0 Å². The lowest BCUT2D eigenvalue weighted by Gasteiger charge is -2.26. The van der Waals surface area contributed by atoms with E-state index in [0.29, 0.717) is 6.04 Å². The van der Waals surface area contributed by atoms with E-state index in [2.05, 4.69) is 35.3 Å². The smallest absolute Gasteiger partial charge is 0.243 e. The van der Waals surface area contributed by atoms with Crippen LogP contribution < -0.4 is 5.32 Å². The molecule has 0 saturated heterocycles. The number of fused-ring (bicyclic) bond motifs is 1. The van der Waals surface area contributed by atoms with E-state index in [-0.39, 0.29) is 0 Å². The van der Waals surface area contributed by atoms with Gasteiger partial charge in [-0.25, -0.2) is 4.52 Å². The molecule has 96 valence electrons. The van der Waals surface area contributed by atoms with Crippen LogP contribution in [-0.4, -0.2) is 20.6 Å². The lowest BCUT2D eigenvalue weighted by molar-refractivity contribution is 0.357. The quantitative estimate of drug-likeness (QED) is 0.883. The molecule has 0 bridgehead atoms. The third-order valence-corrected chi connectivity index (χ3v) is 3.75. The number of aromatic nitrogens is 3. The minimum atomic E-state index is 0.534. The normalized spacial score (nSPS) is 24.3. The molecule has 3 rings (SSSR count). The fourth-order valence-corrected chi connectivity index (χ4v) is 2.79. The summed E-state index contributed by atoms with van der Waals surface area (Å²) in [4.78, 5) is 4.51. The van der Waals surface area contributed by atoms with Gasteiger partial charge in [0, 0.05) is 12.2 Å². The number of hydrogen-bond donors (Lipinski definition) is 1. The van der Waals surface area contributed by atoms with E-state index in [1.807, 2.05) is 16.8 Å². The standard InChI is InChI=1S/C14H20N4/c1-10-4-3-5-12(8-10)15-14-16-13-7-6-11(2)9-18(13)17-14/h6-7,9-10,12H,3-5,8H2,1-2H3,(H,15,17). The summed E-state index contributed by atoms with van der Waals surface area (Å²) in [5, 5.41) is 7.96. The van der Waals surface area contributed by atoms with Crippen molar-refractivity contribution >= 4 is 11.6 Å². The molecule has 18 heavy (non-hydrogen) atoms. The third kappa shape index (κ3) is 2.33. The highest BCUT2D eigenvalue weighted by Gasteiger charge is 2.19. The number of rotatable bonds is 2. The number of nitrogens with one attached hydrogen (secondary N) is 1. The molecule has 1 fully saturated rings. The highest BCUT2D eigenvalue weighted by Crippen LogP contribution is 2.25. The topological polar surface area (TPSA) is 42.2 Å². The van der Waals surface area contributed by atoms with Crippen LogP contribution in [0, 0.1) is 12.8 Å². The molecule has 0 radical (unpaired) electrons. The van der Waals surface area contributed by atoms with Crippen LogP contribution in [0.4, 0.5) is 5.95 Å². The highest BCUT2D eigenvalue weighted by atomic mass is 15.3. The number of aryl methyl sites for hydroxylation is 1. The second-order valence-electron chi connectivity index (χ2n) is 5.56. The van der Waals surface area contributed by atoms with Gasteiger partial charge in [0.15, 0.2) is 5.65 Å². The fourth-order valence-electron chi connectivity index (χ4n) is 2.79. The summed E-state index contributed by atoms with van der Waals surface area (Å²) in [6, 6.07) is 4.61. The first-order valence-corrected chi connectivity index (χ1v) is 6.80. The van der Waals surface area contributed by atoms with Crippen molar-refractivity contribution in [2.24, 2.45) is 5.92 Å². The summed E-state index contributed by atoms with van der Waals surface area (Å²) >= 11 is 0. The fraction of sp³-hybridized carbons (Fsp3) is 0.571. The predicted molar refractivity (Wildman–Crippen MR) is 72.8 cm³/mol. The first kappa shape index (κ1) is 11.5. The molecule has 4 heteroatoms. The zero-order valence-electron chi connectivity index (χ0n) is 11.1. The van der Waals surface area contributed by atoms with E-state index in [0.717, 1.165) is 17.5 Å². The molecule has 2 atom stereocenters. The van der Waals surface area contributed by atoms with Crippen molar-refractivity contribution in [1.29, 1.82) is 0 Å². The van der Waals surface area contributed by atoms with Gasteiger partial charge < -0.3 is 5.32 Å². The Labute approximate surface area is 107 Å². The van der Waals surface area contributed by atoms with E-state index < -0.39 is 0 Å². The maximum atomic E-state index is 4.51. The SMILES string of the molecule is Cc1ccc2nc(NC3CCCC(C)C3)nn2c1. The Balaban J connectivity index is 1.78. The van der Waals surface area contributed by atoms with Gasteiger partial charge in [-0.1, -0.05) is 25.8 Å². The number of anilines is 1. The molecule has 0 aliphatic heterocycles. The minimum absolute atomic E-state index is 0.534. The van der Waals surface area contributed by atoms with Gasteiger partial charge in [-0.15, -0.1) is 5.10 Å². The summed E-state index contributed by atoms with van der Waals surface area (Å²) in [6.45, 7) is 4.39. The van der Waals surface area contributed by atoms with E-state index in [1.54, 1.807) is 0 Å². The molecule has 1 aliphatic rings. The third-order valence-electron chi connectivity index (χ3n) is 3.75. The molecule has 1 aliphatic carbocycles. The largest absolute Gasteiger partial charge is 0.350 e. The maximum Gasteiger partial charge on any atom is 0.243 e. The summed E-state index contributed by atoms with van der Waals surface area (Å²) in [7, 11) is 0. The van der Waals surface area contributed by atoms with Gasteiger partial charge in [-0.05, 0) is 37.3 Å². The molecule has 1 saturated carbocycles. The van der Waals surface area contributed by atoms with E-state index in [4.69, 9.17) is 0 Å². The van der Waals surface area contributed by atoms with Gasteiger partial charge in [0.25, 0.3) is 0 Å². The van der Waals surface area contributed by atoms with Crippen LogP contribution in [0.2, 0.25) is 0 Å². The summed E-state index contributed by atoms with van der Waals surface area (Å²) < 4.78 is 1.85. The molecule has 4 nitrogen and oxygen atoms in total. The lowest BCUT2D eigenvalue weighted by Crippen LogP contribution is -2.26. The van der Waals surface area contributed by atoms with Crippen molar-refractivity contribution < 1.29 is 0 Å². The zero-order chi connectivity index (χ0) is 12.5. The number of hydrogen-bond acceptors (Lipinski definition) is 3. The Morgan fingerprint density at radius 3 is 3.06 bits per heavy atom. The molecule has 1 N–H and O–H groups in total. The Bertz CT molecular complexity index is 546. The van der Waals surface area contributed by atoms with Gasteiger partial charge in [-0.2, -0.15) is 4.98 Å². The van der Waals surface area contributed by atoms with Crippen molar-refractivity contribution in [2.75, 3.05) is 5.32 Å². The van der Waals surface area contributed by atoms with Gasteiger partial charge in [0.1, 0.15) is 0 Å². The van der Waals surface area contributed by atoms with E-state index in [9.17, 15) is 0 Å². The molecule has 0 amide bonds. The van der Waals surface area contributed by atoms with Gasteiger partial charge in [-0.3, -0.25) is 0 Å². The summed E-state index contributed by atoms with van der Waals surface area (Å²) in [5.74, 6) is 1.58. The molecule has 0 spiro atoms. The summed E-state index contributed by atoms with van der Waals surface area (Å²) in [6.07, 6.45) is 7.14. The Morgan fingerprint density at radius 1 is 1.33 bits per heavy atom. The molecule has 2 aromatic rings. The molecular weight excluding hydrogens is 224 g/mol. The first-order valence-electron chi connectivity index (χ1n) is 6.80.